The maximum atomic E-state index is 4.94. The molecule has 0 saturated carbocycles. The summed E-state index contributed by atoms with van der Waals surface area (Å²) in [5.74, 6) is 0. The Bertz CT molecular complexity index is 1050. The molecule has 232 valence electrons. The molecule has 0 atom stereocenters. The third-order valence-electron chi connectivity index (χ3n) is 6.66. The summed E-state index contributed by atoms with van der Waals surface area (Å²) >= 11 is 0. The number of H-pyrrole nitrogens is 3. The van der Waals surface area contributed by atoms with Crippen LogP contribution in [-0.4, -0.2) is 113 Å². The van der Waals surface area contributed by atoms with E-state index in [1.807, 2.05) is 0 Å². The molecule has 0 spiro atoms. The van der Waals surface area contributed by atoms with Crippen molar-refractivity contribution in [2.45, 2.75) is 107 Å². The smallest absolute Gasteiger partial charge is 0.668 e. The molecule has 5 heterocycles. The maximum Gasteiger partial charge on any atom is 2.00 e. The van der Waals surface area contributed by atoms with Crippen molar-refractivity contribution in [2.75, 3.05) is 26.4 Å². The van der Waals surface area contributed by atoms with Gasteiger partial charge in [-0.3, -0.25) is 13.8 Å². The second-order valence-electron chi connectivity index (χ2n) is 13.5. The molecular weight excluding hydrogens is 683 g/mol. The van der Waals surface area contributed by atoms with Crippen molar-refractivity contribution < 1.29 is 24.8 Å². The second kappa shape index (κ2) is 18.5. The summed E-state index contributed by atoms with van der Waals surface area (Å²) in [5.41, 5.74) is 7.15. The van der Waals surface area contributed by atoms with Crippen LogP contribution in [0.3, 0.4) is 0 Å². The molecule has 0 amide bonds. The first-order valence-electron chi connectivity index (χ1n) is 15.4. The number of hydrogen-bond acceptors (Lipinski definition) is 2. The van der Waals surface area contributed by atoms with Gasteiger partial charge >= 0.3 is 56.0 Å². The number of aryl methyl sites for hydroxylation is 6. The van der Waals surface area contributed by atoms with Crippen LogP contribution in [0.1, 0.15) is 59.8 Å². The molecule has 2 aliphatic rings. The Morgan fingerprint density at radius 1 is 0.571 bits per heavy atom. The molecule has 9 nitrogen and oxygen atoms in total. The van der Waals surface area contributed by atoms with Crippen LogP contribution in [0.4, 0.5) is 0 Å². The summed E-state index contributed by atoms with van der Waals surface area (Å²) in [4.78, 5) is 0. The number of rotatable bonds is 5. The van der Waals surface area contributed by atoms with Gasteiger partial charge in [-0.2, -0.15) is 15.3 Å². The number of nitrogens with one attached hydrogen (secondary N) is 3. The Hall–Kier alpha value is -0.420. The van der Waals surface area contributed by atoms with Crippen molar-refractivity contribution in [3.05, 3.63) is 57.0 Å². The summed E-state index contributed by atoms with van der Waals surface area (Å²) in [6.07, 6.45) is 5.11. The van der Waals surface area contributed by atoms with Crippen LogP contribution in [0, 0.1) is 41.5 Å². The summed E-state index contributed by atoms with van der Waals surface area (Å²) < 4.78 is 21.5. The topological polar surface area (TPSA) is 89.8 Å². The predicted molar refractivity (Wildman–Crippen MR) is 181 cm³/mol. The van der Waals surface area contributed by atoms with Gasteiger partial charge < -0.3 is 14.1 Å². The van der Waals surface area contributed by atoms with E-state index in [2.05, 4.69) is 128 Å². The molecule has 3 aromatic heterocycles. The SMILES string of the molecule is C1CCOC1.C1CCOC1.C[Si](C)(C)[N-][Si](C)(C)C.Cc1cc(C)n([BH-](n2[nH+]c(C)cc2C)n2[nH+]c(C)cc2C)[nH+]1.[Ba+2]. The minimum Gasteiger partial charge on any atom is -0.668 e. The van der Waals surface area contributed by atoms with Gasteiger partial charge in [-0.25, -0.2) is 0 Å². The fourth-order valence-corrected chi connectivity index (χ4v) is 13.6. The van der Waals surface area contributed by atoms with E-state index >= 15 is 0 Å². The summed E-state index contributed by atoms with van der Waals surface area (Å²) in [6.45, 7) is 30.5. The zero-order valence-electron chi connectivity index (χ0n) is 28.9. The van der Waals surface area contributed by atoms with Crippen LogP contribution in [0.5, 0.6) is 0 Å². The number of aromatic nitrogens is 6. The van der Waals surface area contributed by atoms with E-state index in [9.17, 15) is 0 Å². The number of nitrogens with zero attached hydrogens (tertiary/aromatic N) is 4. The standard InChI is InChI=1S/C15H22BN6.C6H18NSi2.2C4H8O.Ba/c1-10-7-13(4)20(17-10)16(21-14(5)8-11(2)18-21)22-15(6)9-12(3)19-22;1-8(2,3)7-9(4,5)6;2*1-2-4-5-3-1;/h7-9,16H,1-6H3;1-6H3;2*1-4H2;/q2*-1;;;+2/p+3. The largest absolute Gasteiger partial charge is 2.00 e. The second-order valence-corrected chi connectivity index (χ2v) is 23.1. The monoisotopic (exact) mass is 742 g/mol. The number of hydrogen-bond donors (Lipinski definition) is 0. The van der Waals surface area contributed by atoms with Crippen molar-refractivity contribution in [1.82, 2.24) is 13.8 Å². The van der Waals surface area contributed by atoms with Crippen LogP contribution < -0.4 is 15.3 Å². The zero-order valence-corrected chi connectivity index (χ0v) is 35.3. The zero-order chi connectivity index (χ0) is 30.8. The Balaban J connectivity index is 0.000000360. The van der Waals surface area contributed by atoms with Crippen molar-refractivity contribution in [3.8, 4) is 0 Å². The van der Waals surface area contributed by atoms with Crippen LogP contribution in [0.25, 0.3) is 4.65 Å². The summed E-state index contributed by atoms with van der Waals surface area (Å²) in [7, 11) is -3.30. The summed E-state index contributed by atoms with van der Waals surface area (Å²) in [6, 6.07) is 6.53. The molecule has 0 radical (unpaired) electrons. The average molecular weight is 742 g/mol. The molecule has 2 fully saturated rings. The van der Waals surface area contributed by atoms with Gasteiger partial charge in [-0.05, 0) is 46.5 Å². The van der Waals surface area contributed by atoms with Gasteiger partial charge in [0.1, 0.15) is 0 Å². The van der Waals surface area contributed by atoms with E-state index in [1.54, 1.807) is 0 Å². The van der Waals surface area contributed by atoms with Gasteiger partial charge in [0.15, 0.2) is 17.1 Å². The van der Waals surface area contributed by atoms with Crippen molar-refractivity contribution in [1.29, 1.82) is 0 Å². The molecule has 0 unspecified atom stereocenters. The van der Waals surface area contributed by atoms with Crippen LogP contribution in [0.2, 0.25) is 39.3 Å². The molecule has 3 aromatic rings. The Morgan fingerprint density at radius 3 is 0.952 bits per heavy atom. The van der Waals surface area contributed by atoms with Gasteiger partial charge in [0, 0.05) is 82.5 Å². The van der Waals surface area contributed by atoms with E-state index in [0.29, 0.717) is 0 Å². The normalized spacial score (nSPS) is 14.8. The Kier molecular flexibility index (Phi) is 17.5. The Morgan fingerprint density at radius 2 is 0.833 bits per heavy atom. The van der Waals surface area contributed by atoms with Crippen molar-refractivity contribution >= 4 is 72.5 Å². The van der Waals surface area contributed by atoms with E-state index in [0.717, 1.165) is 43.5 Å². The first kappa shape index (κ1) is 39.6. The van der Waals surface area contributed by atoms with Gasteiger partial charge in [-0.1, -0.05) is 55.8 Å². The molecule has 0 bridgehead atoms. The number of aromatic amines is 3. The third kappa shape index (κ3) is 14.6. The third-order valence-corrected chi connectivity index (χ3v) is 12.0. The van der Waals surface area contributed by atoms with Crippen molar-refractivity contribution in [3.63, 3.8) is 0 Å². The van der Waals surface area contributed by atoms with Crippen LogP contribution in [-0.2, 0) is 9.47 Å². The van der Waals surface area contributed by atoms with Gasteiger partial charge in [0.25, 0.3) is 0 Å². The Labute approximate surface area is 298 Å². The van der Waals surface area contributed by atoms with E-state index in [-0.39, 0.29) is 48.9 Å². The molecule has 2 aliphatic heterocycles. The average Bonchev–Trinajstić information content (AvgIpc) is 3.64. The minimum atomic E-state index is -1.11. The van der Waals surface area contributed by atoms with Crippen LogP contribution >= 0.6 is 0 Å². The molecule has 3 N–H and O–H groups in total. The molecule has 5 rings (SSSR count). The fourth-order valence-electron chi connectivity index (χ4n) is 5.51. The van der Waals surface area contributed by atoms with Crippen LogP contribution in [0.15, 0.2) is 18.2 Å². The van der Waals surface area contributed by atoms with E-state index < -0.39 is 23.6 Å². The molecule has 42 heavy (non-hydrogen) atoms. The van der Waals surface area contributed by atoms with Crippen molar-refractivity contribution in [2.24, 2.45) is 0 Å². The molecule has 0 aliphatic carbocycles. The van der Waals surface area contributed by atoms with E-state index in [4.69, 9.17) is 14.1 Å². The van der Waals surface area contributed by atoms with Gasteiger partial charge in [0.05, 0.1) is 0 Å². The minimum absolute atomic E-state index is 0. The molecule has 13 heteroatoms. The fraction of sp³-hybridized carbons (Fsp3) is 0.690. The first-order valence-corrected chi connectivity index (χ1v) is 22.3. The number of ether oxygens (including phenoxy) is 2. The molecule has 0 aromatic carbocycles. The summed E-state index contributed by atoms with van der Waals surface area (Å²) in [5, 5.41) is 10.5. The van der Waals surface area contributed by atoms with Gasteiger partial charge in [-0.15, -0.1) is 0 Å². The van der Waals surface area contributed by atoms with Gasteiger partial charge in [0.2, 0.25) is 0 Å². The molecule has 2 saturated heterocycles. The molecular formula is C29H59BBaN7O2Si2+3. The maximum absolute atomic E-state index is 4.94. The predicted octanol–water partition coefficient (Wildman–Crippen LogP) is 4.29. The quantitative estimate of drug-likeness (QED) is 0.366. The first-order chi connectivity index (χ1) is 19.1. The van der Waals surface area contributed by atoms with E-state index in [1.165, 1.54) is 42.8 Å².